The van der Waals surface area contributed by atoms with Crippen molar-refractivity contribution < 1.29 is 14.7 Å². The number of carbonyl (C=O) groups is 2. The Morgan fingerprint density at radius 1 is 1.53 bits per heavy atom. The van der Waals surface area contributed by atoms with Crippen LogP contribution in [0.25, 0.3) is 0 Å². The van der Waals surface area contributed by atoms with Crippen LogP contribution in [0.5, 0.6) is 0 Å². The quantitative estimate of drug-likeness (QED) is 0.765. The minimum absolute atomic E-state index is 0.0244. The molecule has 0 spiro atoms. The lowest BCUT2D eigenvalue weighted by molar-refractivity contribution is -0.137. The van der Waals surface area contributed by atoms with Crippen molar-refractivity contribution in [3.63, 3.8) is 0 Å². The molecule has 0 bridgehead atoms. The highest BCUT2D eigenvalue weighted by Gasteiger charge is 2.12. The molecule has 0 saturated heterocycles. The average Bonchev–Trinajstić information content (AvgIpc) is 2.80. The lowest BCUT2D eigenvalue weighted by Gasteiger charge is -2.21. The summed E-state index contributed by atoms with van der Waals surface area (Å²) >= 11 is 0. The maximum atomic E-state index is 11.8. The fourth-order valence-electron chi connectivity index (χ4n) is 1.65. The van der Waals surface area contributed by atoms with Crippen LogP contribution in [0.3, 0.4) is 0 Å². The molecule has 1 aromatic rings. The molecule has 0 aliphatic rings. The largest absolute Gasteiger partial charge is 0.481 e. The number of nitrogens with zero attached hydrogens (tertiary/aromatic N) is 3. The van der Waals surface area contributed by atoms with Crippen LogP contribution in [0.4, 0.5) is 4.79 Å². The van der Waals surface area contributed by atoms with E-state index in [2.05, 4.69) is 10.3 Å². The summed E-state index contributed by atoms with van der Waals surface area (Å²) in [6, 6.07) is -0.221. The molecule has 106 valence electrons. The first-order valence-corrected chi connectivity index (χ1v) is 6.18. The number of carboxylic acid groups (broad SMARTS) is 1. The van der Waals surface area contributed by atoms with Gasteiger partial charge < -0.3 is 19.9 Å². The number of imidazole rings is 1. The van der Waals surface area contributed by atoms with Gasteiger partial charge in [0.05, 0.1) is 6.33 Å². The van der Waals surface area contributed by atoms with Crippen molar-refractivity contribution in [1.29, 1.82) is 0 Å². The first-order chi connectivity index (χ1) is 8.99. The van der Waals surface area contributed by atoms with E-state index in [1.165, 1.54) is 4.90 Å². The zero-order valence-electron chi connectivity index (χ0n) is 11.2. The number of amides is 2. The summed E-state index contributed by atoms with van der Waals surface area (Å²) in [5.74, 6) is -0.845. The van der Waals surface area contributed by atoms with Crippen molar-refractivity contribution in [3.8, 4) is 0 Å². The lowest BCUT2D eigenvalue weighted by atomic mass is 10.3. The fraction of sp³-hybridized carbons (Fsp3) is 0.583. The van der Waals surface area contributed by atoms with Crippen molar-refractivity contribution in [3.05, 3.63) is 18.7 Å². The molecule has 0 aliphatic carbocycles. The van der Waals surface area contributed by atoms with Crippen molar-refractivity contribution in [2.45, 2.75) is 32.4 Å². The number of nitrogens with one attached hydrogen (secondary N) is 1. The van der Waals surface area contributed by atoms with Gasteiger partial charge in [0.25, 0.3) is 0 Å². The van der Waals surface area contributed by atoms with E-state index >= 15 is 0 Å². The number of carboxylic acids is 1. The molecule has 1 aromatic heterocycles. The van der Waals surface area contributed by atoms with Crippen LogP contribution in [0.1, 0.15) is 19.8 Å². The second-order valence-corrected chi connectivity index (χ2v) is 4.53. The number of aromatic nitrogens is 2. The molecule has 0 aliphatic heterocycles. The summed E-state index contributed by atoms with van der Waals surface area (Å²) in [7, 11) is 1.65. The molecule has 0 fully saturated rings. The van der Waals surface area contributed by atoms with E-state index in [0.717, 1.165) is 0 Å². The first-order valence-electron chi connectivity index (χ1n) is 6.18. The van der Waals surface area contributed by atoms with Crippen molar-refractivity contribution in [2.75, 3.05) is 13.6 Å². The molecular formula is C12H20N4O3. The number of carbonyl (C=O) groups excluding carboxylic acids is 1. The standard InChI is InChI=1S/C12H20N4O3/c1-10(8-16-7-5-13-9-16)14-12(19)15(2)6-3-4-11(17)18/h5,7,9-10H,3-4,6,8H2,1-2H3,(H,14,19)(H,17,18). The Morgan fingerprint density at radius 3 is 2.84 bits per heavy atom. The third kappa shape index (κ3) is 5.89. The second-order valence-electron chi connectivity index (χ2n) is 4.53. The van der Waals surface area contributed by atoms with Gasteiger partial charge in [-0.15, -0.1) is 0 Å². The Balaban J connectivity index is 2.26. The molecule has 0 saturated carbocycles. The molecule has 7 nitrogen and oxygen atoms in total. The molecular weight excluding hydrogens is 248 g/mol. The summed E-state index contributed by atoms with van der Waals surface area (Å²) in [6.07, 6.45) is 5.74. The van der Waals surface area contributed by atoms with Gasteiger partial charge in [0.1, 0.15) is 0 Å². The van der Waals surface area contributed by atoms with Crippen LogP contribution in [0.2, 0.25) is 0 Å². The van der Waals surface area contributed by atoms with E-state index in [0.29, 0.717) is 19.5 Å². The highest BCUT2D eigenvalue weighted by atomic mass is 16.4. The Bertz CT molecular complexity index is 405. The predicted octanol–water partition coefficient (Wildman–Crippen LogP) is 0.778. The highest BCUT2D eigenvalue weighted by Crippen LogP contribution is 1.96. The first kappa shape index (κ1) is 15.0. The van der Waals surface area contributed by atoms with Crippen molar-refractivity contribution in [1.82, 2.24) is 19.8 Å². The minimum atomic E-state index is -0.845. The van der Waals surface area contributed by atoms with Gasteiger partial charge in [-0.25, -0.2) is 9.78 Å². The van der Waals surface area contributed by atoms with E-state index < -0.39 is 5.97 Å². The topological polar surface area (TPSA) is 87.5 Å². The van der Waals surface area contributed by atoms with Crippen molar-refractivity contribution >= 4 is 12.0 Å². The third-order valence-electron chi connectivity index (χ3n) is 2.64. The number of hydrogen-bond donors (Lipinski definition) is 2. The SMILES string of the molecule is CC(Cn1ccnc1)NC(=O)N(C)CCCC(=O)O. The second kappa shape index (κ2) is 7.40. The summed E-state index contributed by atoms with van der Waals surface area (Å²) in [5, 5.41) is 11.4. The van der Waals surface area contributed by atoms with Gasteiger partial charge in [-0.1, -0.05) is 0 Å². The number of hydrogen-bond acceptors (Lipinski definition) is 3. The van der Waals surface area contributed by atoms with Crippen LogP contribution in [0.15, 0.2) is 18.7 Å². The van der Waals surface area contributed by atoms with Gasteiger partial charge in [0, 0.05) is 45.0 Å². The summed E-state index contributed by atoms with van der Waals surface area (Å²) < 4.78 is 1.88. The molecule has 1 heterocycles. The van der Waals surface area contributed by atoms with Crippen LogP contribution in [0, 0.1) is 0 Å². The number of rotatable bonds is 7. The molecule has 1 rings (SSSR count). The van der Waals surface area contributed by atoms with Crippen LogP contribution < -0.4 is 5.32 Å². The normalized spacial score (nSPS) is 11.9. The Morgan fingerprint density at radius 2 is 2.26 bits per heavy atom. The predicted molar refractivity (Wildman–Crippen MR) is 69.7 cm³/mol. The smallest absolute Gasteiger partial charge is 0.317 e. The van der Waals surface area contributed by atoms with E-state index in [-0.39, 0.29) is 18.5 Å². The Hall–Kier alpha value is -2.05. The molecule has 0 aromatic carbocycles. The monoisotopic (exact) mass is 268 g/mol. The molecule has 0 radical (unpaired) electrons. The van der Waals surface area contributed by atoms with Crippen molar-refractivity contribution in [2.24, 2.45) is 0 Å². The average molecular weight is 268 g/mol. The molecule has 2 N–H and O–H groups in total. The van der Waals surface area contributed by atoms with Gasteiger partial charge in [0.15, 0.2) is 0 Å². The van der Waals surface area contributed by atoms with Crippen LogP contribution in [-0.4, -0.2) is 51.2 Å². The fourth-order valence-corrected chi connectivity index (χ4v) is 1.65. The van der Waals surface area contributed by atoms with Crippen LogP contribution in [-0.2, 0) is 11.3 Å². The Kier molecular flexibility index (Phi) is 5.84. The summed E-state index contributed by atoms with van der Waals surface area (Å²) in [4.78, 5) is 27.6. The third-order valence-corrected chi connectivity index (χ3v) is 2.64. The minimum Gasteiger partial charge on any atom is -0.481 e. The summed E-state index contributed by atoms with van der Waals surface area (Å²) in [6.45, 7) is 2.98. The zero-order chi connectivity index (χ0) is 14.3. The van der Waals surface area contributed by atoms with Gasteiger partial charge in [-0.05, 0) is 13.3 Å². The van der Waals surface area contributed by atoms with Gasteiger partial charge in [-0.2, -0.15) is 0 Å². The summed E-state index contributed by atoms with van der Waals surface area (Å²) in [5.41, 5.74) is 0. The molecule has 7 heteroatoms. The van der Waals surface area contributed by atoms with E-state index in [1.54, 1.807) is 19.6 Å². The van der Waals surface area contributed by atoms with E-state index in [1.807, 2.05) is 17.7 Å². The molecule has 2 amide bonds. The number of aliphatic carboxylic acids is 1. The lowest BCUT2D eigenvalue weighted by Crippen LogP contribution is -2.43. The number of urea groups is 1. The molecule has 19 heavy (non-hydrogen) atoms. The molecule has 1 atom stereocenters. The zero-order valence-corrected chi connectivity index (χ0v) is 11.2. The Labute approximate surface area is 112 Å². The van der Waals surface area contributed by atoms with E-state index in [4.69, 9.17) is 5.11 Å². The van der Waals surface area contributed by atoms with Gasteiger partial charge >= 0.3 is 12.0 Å². The van der Waals surface area contributed by atoms with Gasteiger partial charge in [-0.3, -0.25) is 4.79 Å². The highest BCUT2D eigenvalue weighted by molar-refractivity contribution is 5.74. The van der Waals surface area contributed by atoms with Crippen LogP contribution >= 0.6 is 0 Å². The maximum Gasteiger partial charge on any atom is 0.317 e. The van der Waals surface area contributed by atoms with Gasteiger partial charge in [0.2, 0.25) is 0 Å². The maximum absolute atomic E-state index is 11.8. The van der Waals surface area contributed by atoms with E-state index in [9.17, 15) is 9.59 Å². The molecule has 1 unspecified atom stereocenters.